The molecular formula is C10H14ClNO2S2. The lowest BCUT2D eigenvalue weighted by Gasteiger charge is -2.22. The molecule has 0 bridgehead atoms. The number of thiophene rings is 1. The predicted octanol–water partition coefficient (Wildman–Crippen LogP) is 2.17. The average Bonchev–Trinajstić information content (AvgIpc) is 2.66. The number of nitrogens with one attached hydrogen (secondary N) is 1. The minimum atomic E-state index is -3.15. The Balaban J connectivity index is 2.07. The highest BCUT2D eigenvalue weighted by Gasteiger charge is 2.24. The van der Waals surface area contributed by atoms with Crippen LogP contribution in [0.2, 0.25) is 4.34 Å². The van der Waals surface area contributed by atoms with Gasteiger partial charge >= 0.3 is 0 Å². The predicted molar refractivity (Wildman–Crippen MR) is 67.0 cm³/mol. The molecule has 0 aliphatic carbocycles. The van der Waals surface area contributed by atoms with Crippen molar-refractivity contribution in [2.75, 3.05) is 18.8 Å². The van der Waals surface area contributed by atoms with Gasteiger partial charge in [-0.15, -0.1) is 11.3 Å². The van der Waals surface area contributed by atoms with Crippen LogP contribution in [-0.4, -0.2) is 27.3 Å². The molecule has 1 unspecified atom stereocenters. The van der Waals surface area contributed by atoms with Gasteiger partial charge in [0.15, 0.2) is 9.84 Å². The Morgan fingerprint density at radius 2 is 2.31 bits per heavy atom. The Hall–Kier alpha value is -0.100. The molecule has 1 aliphatic heterocycles. The van der Waals surface area contributed by atoms with E-state index in [9.17, 15) is 8.42 Å². The van der Waals surface area contributed by atoms with Gasteiger partial charge in [0.2, 0.25) is 0 Å². The zero-order valence-electron chi connectivity index (χ0n) is 8.78. The number of rotatable bonds is 3. The van der Waals surface area contributed by atoms with Gasteiger partial charge in [-0.05, 0) is 44.0 Å². The molecule has 0 saturated carbocycles. The average molecular weight is 280 g/mol. The van der Waals surface area contributed by atoms with E-state index in [1.165, 1.54) is 0 Å². The summed E-state index contributed by atoms with van der Waals surface area (Å²) in [5.74, 6) is 0.469. The van der Waals surface area contributed by atoms with Gasteiger partial charge in [0.25, 0.3) is 0 Å². The molecule has 2 rings (SSSR count). The molecule has 2 heterocycles. The zero-order chi connectivity index (χ0) is 11.6. The van der Waals surface area contributed by atoms with Crippen LogP contribution in [-0.2, 0) is 9.84 Å². The first-order valence-corrected chi connectivity index (χ1v) is 8.11. The summed E-state index contributed by atoms with van der Waals surface area (Å²) in [6.45, 7) is 1.81. The monoisotopic (exact) mass is 279 g/mol. The molecule has 1 N–H and O–H groups in total. The van der Waals surface area contributed by atoms with E-state index in [1.54, 1.807) is 12.1 Å². The minimum absolute atomic E-state index is 0.233. The van der Waals surface area contributed by atoms with Crippen LogP contribution in [0.1, 0.15) is 12.8 Å². The van der Waals surface area contributed by atoms with E-state index in [2.05, 4.69) is 5.32 Å². The Morgan fingerprint density at radius 3 is 2.88 bits per heavy atom. The van der Waals surface area contributed by atoms with Crippen LogP contribution in [0, 0.1) is 5.92 Å². The Labute approximate surface area is 105 Å². The quantitative estimate of drug-likeness (QED) is 0.922. The molecule has 1 aromatic heterocycles. The van der Waals surface area contributed by atoms with Crippen molar-refractivity contribution in [1.29, 1.82) is 0 Å². The fourth-order valence-electron chi connectivity index (χ4n) is 1.92. The molecule has 0 amide bonds. The molecule has 3 nitrogen and oxygen atoms in total. The molecule has 90 valence electrons. The first-order valence-electron chi connectivity index (χ1n) is 5.27. The normalized spacial score (nSPS) is 22.2. The maximum Gasteiger partial charge on any atom is 0.188 e. The van der Waals surface area contributed by atoms with Crippen LogP contribution in [0.5, 0.6) is 0 Å². The van der Waals surface area contributed by atoms with Crippen LogP contribution in [0.15, 0.2) is 16.3 Å². The second-order valence-electron chi connectivity index (χ2n) is 4.05. The third kappa shape index (κ3) is 2.97. The van der Waals surface area contributed by atoms with E-state index >= 15 is 0 Å². The highest BCUT2D eigenvalue weighted by molar-refractivity contribution is 7.93. The molecule has 16 heavy (non-hydrogen) atoms. The van der Waals surface area contributed by atoms with Crippen molar-refractivity contribution in [3.63, 3.8) is 0 Å². The lowest BCUT2D eigenvalue weighted by molar-refractivity contribution is 0.404. The van der Waals surface area contributed by atoms with Crippen LogP contribution < -0.4 is 5.32 Å². The van der Waals surface area contributed by atoms with E-state index < -0.39 is 9.84 Å². The molecule has 1 aromatic rings. The molecule has 1 aliphatic rings. The summed E-state index contributed by atoms with van der Waals surface area (Å²) in [5.41, 5.74) is 0. The summed E-state index contributed by atoms with van der Waals surface area (Å²) in [7, 11) is -3.15. The first kappa shape index (κ1) is 12.4. The van der Waals surface area contributed by atoms with E-state index in [-0.39, 0.29) is 11.7 Å². The highest BCUT2D eigenvalue weighted by atomic mass is 35.5. The molecule has 0 radical (unpaired) electrons. The van der Waals surface area contributed by atoms with Crippen molar-refractivity contribution >= 4 is 32.8 Å². The van der Waals surface area contributed by atoms with E-state index in [0.29, 0.717) is 8.55 Å². The molecule has 6 heteroatoms. The molecule has 1 fully saturated rings. The smallest absolute Gasteiger partial charge is 0.188 e. The summed E-state index contributed by atoms with van der Waals surface area (Å²) < 4.78 is 25.0. The van der Waals surface area contributed by atoms with E-state index in [1.807, 2.05) is 0 Å². The molecule has 0 aromatic carbocycles. The van der Waals surface area contributed by atoms with Crippen LogP contribution in [0.4, 0.5) is 0 Å². The van der Waals surface area contributed by atoms with Gasteiger partial charge in [-0.25, -0.2) is 8.42 Å². The maximum absolute atomic E-state index is 12.0. The standard InChI is InChI=1S/C10H14ClNO2S2/c11-9-3-4-10(15-9)16(13,14)7-8-2-1-5-12-6-8/h3-4,8,12H,1-2,5-7H2. The Kier molecular flexibility index (Phi) is 3.89. The fourth-order valence-corrected chi connectivity index (χ4v) is 5.16. The molecule has 1 saturated heterocycles. The summed E-state index contributed by atoms with van der Waals surface area (Å²) in [5, 5.41) is 3.23. The topological polar surface area (TPSA) is 46.2 Å². The Bertz CT molecular complexity index is 449. The summed E-state index contributed by atoms with van der Waals surface area (Å²) in [6, 6.07) is 3.23. The second-order valence-corrected chi connectivity index (χ2v) is 8.03. The summed E-state index contributed by atoms with van der Waals surface area (Å²) in [6.07, 6.45) is 2.05. The number of piperidine rings is 1. The zero-order valence-corrected chi connectivity index (χ0v) is 11.2. The van der Waals surface area contributed by atoms with E-state index in [4.69, 9.17) is 11.6 Å². The SMILES string of the molecule is O=S(=O)(CC1CCCNC1)c1ccc(Cl)s1. The van der Waals surface area contributed by atoms with Crippen LogP contribution in [0.3, 0.4) is 0 Å². The number of hydrogen-bond donors (Lipinski definition) is 1. The van der Waals surface area contributed by atoms with Gasteiger partial charge in [-0.2, -0.15) is 0 Å². The van der Waals surface area contributed by atoms with Crippen LogP contribution >= 0.6 is 22.9 Å². The Morgan fingerprint density at radius 1 is 1.50 bits per heavy atom. The van der Waals surface area contributed by atoms with Gasteiger partial charge in [-0.1, -0.05) is 11.6 Å². The van der Waals surface area contributed by atoms with Crippen molar-refractivity contribution in [3.05, 3.63) is 16.5 Å². The second kappa shape index (κ2) is 5.04. The minimum Gasteiger partial charge on any atom is -0.316 e. The molecular weight excluding hydrogens is 266 g/mol. The van der Waals surface area contributed by atoms with Gasteiger partial charge < -0.3 is 5.32 Å². The summed E-state index contributed by atoms with van der Waals surface area (Å²) >= 11 is 6.89. The van der Waals surface area contributed by atoms with Crippen LogP contribution in [0.25, 0.3) is 0 Å². The largest absolute Gasteiger partial charge is 0.316 e. The van der Waals surface area contributed by atoms with Crippen molar-refractivity contribution in [2.45, 2.75) is 17.1 Å². The first-order chi connectivity index (χ1) is 7.58. The number of hydrogen-bond acceptors (Lipinski definition) is 4. The van der Waals surface area contributed by atoms with E-state index in [0.717, 1.165) is 37.3 Å². The highest BCUT2D eigenvalue weighted by Crippen LogP contribution is 2.28. The lowest BCUT2D eigenvalue weighted by Crippen LogP contribution is -2.33. The van der Waals surface area contributed by atoms with Gasteiger partial charge in [0.05, 0.1) is 10.1 Å². The number of sulfone groups is 1. The third-order valence-electron chi connectivity index (χ3n) is 2.71. The van der Waals surface area contributed by atoms with Gasteiger partial charge in [0, 0.05) is 0 Å². The summed E-state index contributed by atoms with van der Waals surface area (Å²) in [4.78, 5) is 0. The van der Waals surface area contributed by atoms with Crippen molar-refractivity contribution in [2.24, 2.45) is 5.92 Å². The van der Waals surface area contributed by atoms with Crippen molar-refractivity contribution in [3.8, 4) is 0 Å². The van der Waals surface area contributed by atoms with Gasteiger partial charge in [-0.3, -0.25) is 0 Å². The molecule has 1 atom stereocenters. The fraction of sp³-hybridized carbons (Fsp3) is 0.600. The van der Waals surface area contributed by atoms with Crippen molar-refractivity contribution < 1.29 is 8.42 Å². The molecule has 0 spiro atoms. The maximum atomic E-state index is 12.0. The number of halogens is 1. The lowest BCUT2D eigenvalue weighted by atomic mass is 10.0. The van der Waals surface area contributed by atoms with Gasteiger partial charge in [0.1, 0.15) is 4.21 Å². The van der Waals surface area contributed by atoms with Crippen molar-refractivity contribution in [1.82, 2.24) is 5.32 Å². The third-order valence-corrected chi connectivity index (χ3v) is 6.41.